The summed E-state index contributed by atoms with van der Waals surface area (Å²) in [6, 6.07) is 6.72. The molecule has 0 saturated carbocycles. The summed E-state index contributed by atoms with van der Waals surface area (Å²) in [5.74, 6) is 0.0866. The average Bonchev–Trinajstić information content (AvgIpc) is 2.46. The highest BCUT2D eigenvalue weighted by atomic mass is 19.3. The van der Waals surface area contributed by atoms with Crippen LogP contribution in [0.3, 0.4) is 0 Å². The van der Waals surface area contributed by atoms with E-state index in [4.69, 9.17) is 0 Å². The van der Waals surface area contributed by atoms with Gasteiger partial charge in [-0.1, -0.05) is 19.1 Å². The van der Waals surface area contributed by atoms with E-state index in [1.54, 1.807) is 12.1 Å². The SMILES string of the molecule is CCC(C)NCC(=O)NCCc1ccc(OC(F)F)cc1. The first-order chi connectivity index (χ1) is 10.0. The Labute approximate surface area is 123 Å². The molecule has 6 heteroatoms. The molecule has 0 radical (unpaired) electrons. The second-order valence-electron chi connectivity index (χ2n) is 4.81. The lowest BCUT2D eigenvalue weighted by molar-refractivity contribution is -0.120. The number of benzene rings is 1. The van der Waals surface area contributed by atoms with Crippen LogP contribution in [0.5, 0.6) is 5.75 Å². The summed E-state index contributed by atoms with van der Waals surface area (Å²) in [7, 11) is 0. The van der Waals surface area contributed by atoms with Crippen molar-refractivity contribution in [3.63, 3.8) is 0 Å². The van der Waals surface area contributed by atoms with Crippen LogP contribution in [0, 0.1) is 0 Å². The van der Waals surface area contributed by atoms with Gasteiger partial charge in [0.15, 0.2) is 0 Å². The van der Waals surface area contributed by atoms with Gasteiger partial charge < -0.3 is 15.4 Å². The van der Waals surface area contributed by atoms with Crippen LogP contribution in [0.1, 0.15) is 25.8 Å². The van der Waals surface area contributed by atoms with Crippen LogP contribution >= 0.6 is 0 Å². The van der Waals surface area contributed by atoms with Crippen LogP contribution in [0.15, 0.2) is 24.3 Å². The predicted molar refractivity (Wildman–Crippen MR) is 77.5 cm³/mol. The van der Waals surface area contributed by atoms with Gasteiger partial charge in [0.05, 0.1) is 6.54 Å². The summed E-state index contributed by atoms with van der Waals surface area (Å²) in [5, 5.41) is 5.91. The first kappa shape index (κ1) is 17.4. The van der Waals surface area contributed by atoms with Gasteiger partial charge in [0.1, 0.15) is 5.75 Å². The highest BCUT2D eigenvalue weighted by Crippen LogP contribution is 2.14. The molecule has 118 valence electrons. The van der Waals surface area contributed by atoms with E-state index in [0.29, 0.717) is 25.6 Å². The van der Waals surface area contributed by atoms with Gasteiger partial charge in [0.25, 0.3) is 0 Å². The molecule has 4 nitrogen and oxygen atoms in total. The largest absolute Gasteiger partial charge is 0.435 e. The van der Waals surface area contributed by atoms with E-state index in [-0.39, 0.29) is 11.7 Å². The maximum atomic E-state index is 12.0. The van der Waals surface area contributed by atoms with E-state index in [1.807, 2.05) is 6.92 Å². The second-order valence-corrected chi connectivity index (χ2v) is 4.81. The lowest BCUT2D eigenvalue weighted by Crippen LogP contribution is -2.38. The Morgan fingerprint density at radius 2 is 1.95 bits per heavy atom. The zero-order valence-electron chi connectivity index (χ0n) is 12.4. The maximum Gasteiger partial charge on any atom is 0.387 e. The Balaban J connectivity index is 2.24. The van der Waals surface area contributed by atoms with Crippen LogP contribution in [0.25, 0.3) is 0 Å². The number of halogens is 2. The highest BCUT2D eigenvalue weighted by Gasteiger charge is 2.05. The van der Waals surface area contributed by atoms with Crippen LogP contribution in [-0.2, 0) is 11.2 Å². The van der Waals surface area contributed by atoms with Crippen LogP contribution in [-0.4, -0.2) is 31.7 Å². The monoisotopic (exact) mass is 300 g/mol. The maximum absolute atomic E-state index is 12.0. The summed E-state index contributed by atoms with van der Waals surface area (Å²) < 4.78 is 28.2. The smallest absolute Gasteiger partial charge is 0.387 e. The molecule has 0 saturated heterocycles. The molecule has 0 spiro atoms. The summed E-state index contributed by atoms with van der Waals surface area (Å²) in [4.78, 5) is 11.6. The Hall–Kier alpha value is -1.69. The molecule has 0 aromatic heterocycles. The number of carbonyl (C=O) groups is 1. The highest BCUT2D eigenvalue weighted by molar-refractivity contribution is 5.78. The Bertz CT molecular complexity index is 424. The molecular weight excluding hydrogens is 278 g/mol. The van der Waals surface area contributed by atoms with Crippen LogP contribution in [0.2, 0.25) is 0 Å². The van der Waals surface area contributed by atoms with Gasteiger partial charge in [-0.25, -0.2) is 0 Å². The van der Waals surface area contributed by atoms with Gasteiger partial charge in [-0.15, -0.1) is 0 Å². The molecule has 0 fully saturated rings. The fourth-order valence-corrected chi connectivity index (χ4v) is 1.66. The Kier molecular flexibility index (Phi) is 7.68. The van der Waals surface area contributed by atoms with Gasteiger partial charge in [0.2, 0.25) is 5.91 Å². The Morgan fingerprint density at radius 3 is 2.52 bits per heavy atom. The number of nitrogens with one attached hydrogen (secondary N) is 2. The normalized spacial score (nSPS) is 12.2. The molecule has 1 atom stereocenters. The topological polar surface area (TPSA) is 50.4 Å². The number of amides is 1. The number of ether oxygens (including phenoxy) is 1. The van der Waals surface area contributed by atoms with Crippen molar-refractivity contribution in [1.82, 2.24) is 10.6 Å². The van der Waals surface area contributed by atoms with Gasteiger partial charge in [-0.05, 0) is 37.5 Å². The van der Waals surface area contributed by atoms with Crippen molar-refractivity contribution in [3.8, 4) is 5.75 Å². The molecule has 1 unspecified atom stereocenters. The lowest BCUT2D eigenvalue weighted by Gasteiger charge is -2.11. The fraction of sp³-hybridized carbons (Fsp3) is 0.533. The van der Waals surface area contributed by atoms with Crippen molar-refractivity contribution in [2.45, 2.75) is 39.3 Å². The van der Waals surface area contributed by atoms with E-state index < -0.39 is 6.61 Å². The summed E-state index contributed by atoms with van der Waals surface area (Å²) in [5.41, 5.74) is 0.951. The standard InChI is InChI=1S/C15H22F2N2O2/c1-3-11(2)19-10-14(20)18-9-8-12-4-6-13(7-5-12)21-15(16)17/h4-7,11,15,19H,3,8-10H2,1-2H3,(H,18,20). The first-order valence-electron chi connectivity index (χ1n) is 7.05. The quantitative estimate of drug-likeness (QED) is 0.736. The van der Waals surface area contributed by atoms with Crippen LogP contribution < -0.4 is 15.4 Å². The predicted octanol–water partition coefficient (Wildman–Crippen LogP) is 2.33. The molecule has 1 aromatic rings. The molecule has 0 aliphatic heterocycles. The van der Waals surface area contributed by atoms with Gasteiger partial charge in [-0.2, -0.15) is 8.78 Å². The van der Waals surface area contributed by atoms with E-state index in [2.05, 4.69) is 22.3 Å². The summed E-state index contributed by atoms with van der Waals surface area (Å²) >= 11 is 0. The number of hydrogen-bond donors (Lipinski definition) is 2. The van der Waals surface area contributed by atoms with Gasteiger partial charge in [0, 0.05) is 12.6 Å². The fourth-order valence-electron chi connectivity index (χ4n) is 1.66. The molecule has 1 aromatic carbocycles. The molecule has 1 amide bonds. The third-order valence-electron chi connectivity index (χ3n) is 3.11. The average molecular weight is 300 g/mol. The molecule has 0 bridgehead atoms. The number of rotatable bonds is 9. The van der Waals surface area contributed by atoms with Crippen molar-refractivity contribution < 1.29 is 18.3 Å². The number of alkyl halides is 2. The number of carbonyl (C=O) groups excluding carboxylic acids is 1. The Morgan fingerprint density at radius 1 is 1.29 bits per heavy atom. The van der Waals surface area contributed by atoms with E-state index in [1.165, 1.54) is 12.1 Å². The summed E-state index contributed by atoms with van der Waals surface area (Å²) in [6.45, 7) is 2.08. The van der Waals surface area contributed by atoms with E-state index in [9.17, 15) is 13.6 Å². The van der Waals surface area contributed by atoms with E-state index in [0.717, 1.165) is 12.0 Å². The zero-order chi connectivity index (χ0) is 15.7. The molecule has 2 N–H and O–H groups in total. The number of hydrogen-bond acceptors (Lipinski definition) is 3. The molecule has 0 aliphatic carbocycles. The zero-order valence-corrected chi connectivity index (χ0v) is 12.4. The third-order valence-corrected chi connectivity index (χ3v) is 3.11. The van der Waals surface area contributed by atoms with Crippen LogP contribution in [0.4, 0.5) is 8.78 Å². The van der Waals surface area contributed by atoms with Crippen molar-refractivity contribution in [2.75, 3.05) is 13.1 Å². The van der Waals surface area contributed by atoms with Crippen molar-refractivity contribution in [3.05, 3.63) is 29.8 Å². The minimum Gasteiger partial charge on any atom is -0.435 e. The molecule has 1 rings (SSSR count). The first-order valence-corrected chi connectivity index (χ1v) is 7.05. The van der Waals surface area contributed by atoms with Crippen molar-refractivity contribution in [2.24, 2.45) is 0 Å². The molecule has 0 heterocycles. The molecule has 0 aliphatic rings. The lowest BCUT2D eigenvalue weighted by atomic mass is 10.1. The third kappa shape index (κ3) is 7.60. The van der Waals surface area contributed by atoms with Gasteiger partial charge in [-0.3, -0.25) is 4.79 Å². The second kappa shape index (κ2) is 9.28. The van der Waals surface area contributed by atoms with Crippen molar-refractivity contribution in [1.29, 1.82) is 0 Å². The van der Waals surface area contributed by atoms with E-state index >= 15 is 0 Å². The summed E-state index contributed by atoms with van der Waals surface area (Å²) in [6.07, 6.45) is 1.62. The molecule has 21 heavy (non-hydrogen) atoms. The van der Waals surface area contributed by atoms with Gasteiger partial charge >= 0.3 is 6.61 Å². The minimum absolute atomic E-state index is 0.0482. The minimum atomic E-state index is -2.81. The molecular formula is C15H22F2N2O2. The van der Waals surface area contributed by atoms with Crippen molar-refractivity contribution >= 4 is 5.91 Å².